The van der Waals surface area contributed by atoms with E-state index < -0.39 is 71.3 Å². The molecule has 0 radical (unpaired) electrons. The zero-order chi connectivity index (χ0) is 35.1. The van der Waals surface area contributed by atoms with E-state index in [1.165, 1.54) is 0 Å². The van der Waals surface area contributed by atoms with E-state index in [4.69, 9.17) is 24.1 Å². The monoisotopic (exact) mass is 815 g/mol. The normalized spacial score (nSPS) is 39.9. The summed E-state index contributed by atoms with van der Waals surface area (Å²) in [6.07, 6.45) is 4.98. The first-order chi connectivity index (χ1) is 23.2. The zero-order valence-corrected chi connectivity index (χ0v) is 29.5. The van der Waals surface area contributed by atoms with Gasteiger partial charge in [0.2, 0.25) is 0 Å². The molecule has 336 valence electrons. The number of rotatable bonds is 11. The molecule has 17 unspecified atom stereocenters. The summed E-state index contributed by atoms with van der Waals surface area (Å²) in [4.78, 5) is 67.6. The summed E-state index contributed by atoms with van der Waals surface area (Å²) in [7, 11) is 0. The maximum absolute atomic E-state index is 14.0. The Morgan fingerprint density at radius 3 is 1.82 bits per heavy atom. The third kappa shape index (κ3) is 9.44. The lowest BCUT2D eigenvalue weighted by atomic mass is 9.54. The standard InChI is InChI=1S/C38H54O11.8CH4/c1-16-18-9-10-19(13-18)23(16)27-28(37(45)48-36(27)44)26-21-14-20(15-22(21)34(42)49-38(3,4)5)25(26)24-17(2)31-30(29(33(40)41)32(24)47-31)35(43)46-12-8-6-7-11-39;;;;;;;;/h16-32,39H,6-15H2,1-5H3,(H,40,41);8*1H4. The summed E-state index contributed by atoms with van der Waals surface area (Å²) in [5.41, 5.74) is -0.679. The molecular formula is C46H86O11. The number of hydrogen-bond donors (Lipinski definition) is 2. The zero-order valence-electron chi connectivity index (χ0n) is 29.5. The first kappa shape index (κ1) is 56.6. The molecule has 0 spiro atoms. The highest BCUT2D eigenvalue weighted by Crippen LogP contribution is 2.68. The highest BCUT2D eigenvalue weighted by Gasteiger charge is 2.72. The van der Waals surface area contributed by atoms with Gasteiger partial charge in [0.05, 0.1) is 48.4 Å². The van der Waals surface area contributed by atoms with Crippen LogP contribution in [0, 0.1) is 88.8 Å². The van der Waals surface area contributed by atoms with Crippen LogP contribution in [0.15, 0.2) is 0 Å². The number of ether oxygens (including phenoxy) is 4. The molecule has 2 N–H and O–H groups in total. The van der Waals surface area contributed by atoms with Gasteiger partial charge in [-0.2, -0.15) is 0 Å². The smallest absolute Gasteiger partial charge is 0.317 e. The average Bonchev–Trinajstić information content (AvgIpc) is 3.87. The highest BCUT2D eigenvalue weighted by molar-refractivity contribution is 5.97. The predicted octanol–water partition coefficient (Wildman–Crippen LogP) is 9.36. The summed E-state index contributed by atoms with van der Waals surface area (Å²) in [6, 6.07) is 0. The number of unbranched alkanes of at least 4 members (excludes halogenated alkanes) is 2. The van der Waals surface area contributed by atoms with Gasteiger partial charge in [0.1, 0.15) is 5.60 Å². The number of fused-ring (bicyclic) bond motifs is 6. The first-order valence-corrected chi connectivity index (χ1v) is 18.9. The number of carbonyl (C=O) groups excluding carboxylic acids is 4. The third-order valence-electron chi connectivity index (χ3n) is 14.2. The van der Waals surface area contributed by atoms with Crippen LogP contribution >= 0.6 is 0 Å². The van der Waals surface area contributed by atoms with Gasteiger partial charge in [-0.1, -0.05) is 73.3 Å². The lowest BCUT2D eigenvalue weighted by Crippen LogP contribution is -2.53. The number of aliphatic carboxylic acids is 1. The van der Waals surface area contributed by atoms with Crippen LogP contribution in [0.25, 0.3) is 0 Å². The molecule has 0 aromatic rings. The number of carboxylic acid groups (broad SMARTS) is 1. The summed E-state index contributed by atoms with van der Waals surface area (Å²) in [5, 5.41) is 19.6. The van der Waals surface area contributed by atoms with Gasteiger partial charge >= 0.3 is 29.8 Å². The number of aliphatic hydroxyl groups excluding tert-OH is 1. The molecule has 57 heavy (non-hydrogen) atoms. The van der Waals surface area contributed by atoms with Crippen LogP contribution in [-0.4, -0.2) is 71.1 Å². The molecule has 3 aliphatic heterocycles. The molecule has 0 aromatic heterocycles. The summed E-state index contributed by atoms with van der Waals surface area (Å²) >= 11 is 0. The van der Waals surface area contributed by atoms with E-state index >= 15 is 0 Å². The second-order valence-electron chi connectivity index (χ2n) is 17.6. The molecule has 3 saturated heterocycles. The number of aliphatic hydroxyl groups is 1. The Hall–Kier alpha value is -2.53. The van der Waals surface area contributed by atoms with Crippen LogP contribution in [-0.2, 0) is 42.9 Å². The van der Waals surface area contributed by atoms with Crippen molar-refractivity contribution in [2.75, 3.05) is 13.2 Å². The topological polar surface area (TPSA) is 163 Å². The summed E-state index contributed by atoms with van der Waals surface area (Å²) in [6.45, 7) is 9.96. The van der Waals surface area contributed by atoms with Gasteiger partial charge in [0, 0.05) is 6.61 Å². The minimum absolute atomic E-state index is 0. The van der Waals surface area contributed by atoms with Crippen molar-refractivity contribution in [3.05, 3.63) is 0 Å². The number of carboxylic acids is 1. The fourth-order valence-electron chi connectivity index (χ4n) is 12.6. The third-order valence-corrected chi connectivity index (χ3v) is 14.2. The maximum Gasteiger partial charge on any atom is 0.317 e. The Morgan fingerprint density at radius 1 is 0.684 bits per heavy atom. The van der Waals surface area contributed by atoms with Crippen LogP contribution in [0.5, 0.6) is 0 Å². The molecule has 0 amide bonds. The van der Waals surface area contributed by atoms with Crippen LogP contribution in [0.1, 0.15) is 145 Å². The van der Waals surface area contributed by atoms with Crippen molar-refractivity contribution in [3.63, 3.8) is 0 Å². The molecule has 7 aliphatic rings. The molecule has 4 aliphatic carbocycles. The molecule has 0 aromatic carbocycles. The van der Waals surface area contributed by atoms with Gasteiger partial charge in [0.15, 0.2) is 0 Å². The van der Waals surface area contributed by atoms with Gasteiger partial charge in [-0.25, -0.2) is 0 Å². The Morgan fingerprint density at radius 2 is 1.28 bits per heavy atom. The summed E-state index contributed by atoms with van der Waals surface area (Å²) in [5.74, 6) is -6.67. The summed E-state index contributed by atoms with van der Waals surface area (Å²) < 4.78 is 23.5. The molecule has 4 saturated carbocycles. The van der Waals surface area contributed by atoms with Crippen LogP contribution in [0.2, 0.25) is 0 Å². The van der Waals surface area contributed by atoms with E-state index in [1.54, 1.807) is 0 Å². The van der Waals surface area contributed by atoms with E-state index in [9.17, 15) is 29.1 Å². The van der Waals surface area contributed by atoms with Crippen molar-refractivity contribution >= 4 is 29.8 Å². The molecule has 17 atom stereocenters. The Bertz CT molecular complexity index is 1350. The van der Waals surface area contributed by atoms with Gasteiger partial charge in [-0.05, 0) is 131 Å². The molecule has 11 heteroatoms. The molecule has 7 rings (SSSR count). The maximum atomic E-state index is 14.0. The van der Waals surface area contributed by atoms with Gasteiger partial charge in [0.25, 0.3) is 0 Å². The second kappa shape index (κ2) is 21.1. The van der Waals surface area contributed by atoms with Crippen molar-refractivity contribution < 1.29 is 53.1 Å². The predicted molar refractivity (Wildman–Crippen MR) is 226 cm³/mol. The highest BCUT2D eigenvalue weighted by atomic mass is 16.6. The number of hydrogen-bond acceptors (Lipinski definition) is 10. The van der Waals surface area contributed by atoms with Crippen molar-refractivity contribution in [1.29, 1.82) is 0 Å². The minimum Gasteiger partial charge on any atom is -0.481 e. The van der Waals surface area contributed by atoms with E-state index in [-0.39, 0.29) is 120 Å². The molecule has 7 fully saturated rings. The quantitative estimate of drug-likeness (QED) is 0.0885. The first-order valence-electron chi connectivity index (χ1n) is 18.9. The SMILES string of the molecule is C.C.C.C.C.C.C.C.CC1C2CCC(C2)C1C1C(=O)OC(=O)C1C1C2CC(CC2C(=O)OC(C)(C)C)C1C1C(C)C2OC1C(C(=O)O)C2C(=O)OCCCCCO. The van der Waals surface area contributed by atoms with Gasteiger partial charge < -0.3 is 29.2 Å². The fourth-order valence-corrected chi connectivity index (χ4v) is 12.6. The molecular weight excluding hydrogens is 728 g/mol. The van der Waals surface area contributed by atoms with Crippen LogP contribution in [0.4, 0.5) is 0 Å². The fraction of sp³-hybridized carbons (Fsp3) is 0.891. The lowest BCUT2D eigenvalue weighted by Gasteiger charge is -2.47. The lowest BCUT2D eigenvalue weighted by molar-refractivity contribution is -0.167. The van der Waals surface area contributed by atoms with E-state index in [2.05, 4.69) is 6.92 Å². The van der Waals surface area contributed by atoms with Crippen LogP contribution < -0.4 is 0 Å². The minimum atomic E-state index is -1.11. The molecule has 3 heterocycles. The average molecular weight is 815 g/mol. The van der Waals surface area contributed by atoms with Crippen molar-refractivity contribution in [3.8, 4) is 0 Å². The van der Waals surface area contributed by atoms with Gasteiger partial charge in [-0.15, -0.1) is 0 Å². The Balaban J connectivity index is 0. The van der Waals surface area contributed by atoms with Gasteiger partial charge in [-0.3, -0.25) is 24.0 Å². The van der Waals surface area contributed by atoms with Crippen molar-refractivity contribution in [2.45, 2.75) is 163 Å². The van der Waals surface area contributed by atoms with E-state index in [1.807, 2.05) is 27.7 Å². The number of esters is 4. The van der Waals surface area contributed by atoms with Crippen molar-refractivity contribution in [2.24, 2.45) is 88.8 Å². The molecule has 6 bridgehead atoms. The molecule has 11 nitrogen and oxygen atoms in total. The number of carbonyl (C=O) groups is 5. The number of cyclic esters (lactones) is 2. The van der Waals surface area contributed by atoms with E-state index in [0.717, 1.165) is 19.3 Å². The Kier molecular flexibility index (Phi) is 21.0. The van der Waals surface area contributed by atoms with E-state index in [0.29, 0.717) is 49.9 Å². The largest absolute Gasteiger partial charge is 0.481 e. The van der Waals surface area contributed by atoms with Crippen molar-refractivity contribution in [1.82, 2.24) is 0 Å². The second-order valence-corrected chi connectivity index (χ2v) is 17.6. The Labute approximate surface area is 347 Å². The van der Waals surface area contributed by atoms with Crippen LogP contribution in [0.3, 0.4) is 0 Å².